The Labute approximate surface area is 151 Å². The number of hydrogen-bond acceptors (Lipinski definition) is 3. The number of aryl methyl sites for hydroxylation is 1. The second-order valence-electron chi connectivity index (χ2n) is 6.68. The third kappa shape index (κ3) is 2.61. The largest absolute Gasteiger partial charge is 0.509 e. The van der Waals surface area contributed by atoms with Crippen molar-refractivity contribution in [3.8, 4) is 0 Å². The van der Waals surface area contributed by atoms with Crippen molar-refractivity contribution in [2.24, 2.45) is 0 Å². The van der Waals surface area contributed by atoms with Crippen LogP contribution in [0.2, 0.25) is 10.0 Å². The quantitative estimate of drug-likeness (QED) is 0.814. The fraction of sp³-hybridized carbons (Fsp3) is 0.500. The van der Waals surface area contributed by atoms with Crippen molar-refractivity contribution in [3.63, 3.8) is 0 Å². The molecule has 0 atom stereocenters. The molecule has 1 aliphatic carbocycles. The monoisotopic (exact) mass is 369 g/mol. The van der Waals surface area contributed by atoms with E-state index >= 15 is 0 Å². The topological polar surface area (TPSA) is 58.6 Å². The Morgan fingerprint density at radius 3 is 2.50 bits per heavy atom. The average molecular weight is 370 g/mol. The van der Waals surface area contributed by atoms with Crippen LogP contribution in [0.5, 0.6) is 0 Å². The van der Waals surface area contributed by atoms with E-state index in [0.717, 1.165) is 18.4 Å². The number of amides is 1. The number of methoxy groups -OCH3 is 1. The van der Waals surface area contributed by atoms with Crippen LogP contribution in [0, 0.1) is 13.8 Å². The molecule has 1 amide bonds. The molecule has 130 valence electrons. The van der Waals surface area contributed by atoms with Crippen molar-refractivity contribution in [1.82, 2.24) is 5.32 Å². The lowest BCUT2D eigenvalue weighted by Crippen LogP contribution is -2.48. The van der Waals surface area contributed by atoms with Crippen molar-refractivity contribution in [3.05, 3.63) is 38.6 Å². The van der Waals surface area contributed by atoms with Crippen molar-refractivity contribution in [1.29, 1.82) is 0 Å². The number of halogens is 2. The Hall–Kier alpha value is -1.23. The molecule has 1 heterocycles. The maximum Gasteiger partial charge on any atom is 0.256 e. The number of aliphatic hydroxyl groups is 1. The van der Waals surface area contributed by atoms with Crippen LogP contribution < -0.4 is 5.32 Å². The standard InChI is InChI=1S/C18H21Cl2NO3/c1-9-8-12(19)15(20)10(2)13(9)14-16(22)18(21-17(14)23)6-4-11(24-3)5-7-18/h8,11,22H,4-7H2,1-3H3,(H,21,23). The minimum atomic E-state index is -0.688. The van der Waals surface area contributed by atoms with Crippen LogP contribution in [-0.4, -0.2) is 29.8 Å². The molecular weight excluding hydrogens is 349 g/mol. The molecule has 1 fully saturated rings. The molecule has 1 aliphatic heterocycles. The highest BCUT2D eigenvalue weighted by molar-refractivity contribution is 6.43. The molecule has 0 bridgehead atoms. The number of benzene rings is 1. The van der Waals surface area contributed by atoms with E-state index in [4.69, 9.17) is 27.9 Å². The van der Waals surface area contributed by atoms with Gasteiger partial charge in [-0.15, -0.1) is 0 Å². The van der Waals surface area contributed by atoms with Crippen LogP contribution >= 0.6 is 23.2 Å². The number of hydrogen-bond donors (Lipinski definition) is 2. The highest BCUT2D eigenvalue weighted by Crippen LogP contribution is 2.44. The lowest BCUT2D eigenvalue weighted by atomic mass is 9.79. The summed E-state index contributed by atoms with van der Waals surface area (Å²) in [6.07, 6.45) is 3.09. The summed E-state index contributed by atoms with van der Waals surface area (Å²) in [5, 5.41) is 14.8. The maximum atomic E-state index is 12.7. The van der Waals surface area contributed by atoms with Crippen LogP contribution in [0.3, 0.4) is 0 Å². The van der Waals surface area contributed by atoms with Crippen LogP contribution in [0.25, 0.3) is 5.57 Å². The molecule has 1 aromatic rings. The Kier molecular flexibility index (Phi) is 4.58. The molecule has 2 N–H and O–H groups in total. The van der Waals surface area contributed by atoms with E-state index in [1.807, 2.05) is 13.8 Å². The fourth-order valence-electron chi connectivity index (χ4n) is 3.89. The van der Waals surface area contributed by atoms with Crippen molar-refractivity contribution in [2.75, 3.05) is 7.11 Å². The van der Waals surface area contributed by atoms with Crippen molar-refractivity contribution in [2.45, 2.75) is 51.2 Å². The van der Waals surface area contributed by atoms with E-state index in [1.54, 1.807) is 13.2 Å². The lowest BCUT2D eigenvalue weighted by Gasteiger charge is -2.36. The zero-order chi connectivity index (χ0) is 17.6. The van der Waals surface area contributed by atoms with Gasteiger partial charge in [0, 0.05) is 7.11 Å². The van der Waals surface area contributed by atoms with Gasteiger partial charge in [0.2, 0.25) is 0 Å². The van der Waals surface area contributed by atoms with Crippen molar-refractivity contribution < 1.29 is 14.6 Å². The molecule has 0 saturated heterocycles. The van der Waals surface area contributed by atoms with Crippen LogP contribution in [0.4, 0.5) is 0 Å². The molecule has 0 aromatic heterocycles. The zero-order valence-corrected chi connectivity index (χ0v) is 15.5. The molecule has 24 heavy (non-hydrogen) atoms. The van der Waals surface area contributed by atoms with E-state index in [9.17, 15) is 9.90 Å². The molecule has 1 aromatic carbocycles. The molecule has 0 radical (unpaired) electrons. The van der Waals surface area contributed by atoms with Gasteiger partial charge in [-0.3, -0.25) is 4.79 Å². The number of rotatable bonds is 2. The molecule has 4 nitrogen and oxygen atoms in total. The maximum absolute atomic E-state index is 12.7. The highest BCUT2D eigenvalue weighted by Gasteiger charge is 2.48. The van der Waals surface area contributed by atoms with Crippen LogP contribution in [0.1, 0.15) is 42.4 Å². The molecule has 6 heteroatoms. The number of nitrogens with one attached hydrogen (secondary N) is 1. The fourth-order valence-corrected chi connectivity index (χ4v) is 4.35. The third-order valence-corrected chi connectivity index (χ3v) is 6.17. The lowest BCUT2D eigenvalue weighted by molar-refractivity contribution is -0.116. The number of carbonyl (C=O) groups excluding carboxylic acids is 1. The molecule has 3 rings (SSSR count). The average Bonchev–Trinajstić information content (AvgIpc) is 2.78. The van der Waals surface area contributed by atoms with Gasteiger partial charge in [0.25, 0.3) is 5.91 Å². The summed E-state index contributed by atoms with van der Waals surface area (Å²) in [4.78, 5) is 12.7. The first-order chi connectivity index (χ1) is 11.3. The van der Waals surface area contributed by atoms with Gasteiger partial charge in [-0.2, -0.15) is 0 Å². The van der Waals surface area contributed by atoms with Gasteiger partial charge in [-0.05, 0) is 62.3 Å². The second kappa shape index (κ2) is 6.25. The summed E-state index contributed by atoms with van der Waals surface area (Å²) in [7, 11) is 1.69. The SMILES string of the molecule is COC1CCC2(CC1)NC(=O)C(c1c(C)cc(Cl)c(Cl)c1C)=C2O. The normalized spacial score (nSPS) is 27.0. The summed E-state index contributed by atoms with van der Waals surface area (Å²) in [6.45, 7) is 3.68. The zero-order valence-electron chi connectivity index (χ0n) is 14.0. The Morgan fingerprint density at radius 2 is 1.92 bits per heavy atom. The first kappa shape index (κ1) is 17.6. The van der Waals surface area contributed by atoms with E-state index in [2.05, 4.69) is 5.32 Å². The summed E-state index contributed by atoms with van der Waals surface area (Å²) >= 11 is 12.4. The van der Waals surface area contributed by atoms with Gasteiger partial charge in [-0.25, -0.2) is 0 Å². The second-order valence-corrected chi connectivity index (χ2v) is 7.47. The van der Waals surface area contributed by atoms with E-state index in [-0.39, 0.29) is 17.8 Å². The molecule has 0 unspecified atom stereocenters. The van der Waals surface area contributed by atoms with E-state index in [0.29, 0.717) is 39.6 Å². The minimum absolute atomic E-state index is 0.117. The summed E-state index contributed by atoms with van der Waals surface area (Å²) in [5.74, 6) is -0.139. The molecule has 1 spiro atoms. The summed E-state index contributed by atoms with van der Waals surface area (Å²) < 4.78 is 5.39. The first-order valence-electron chi connectivity index (χ1n) is 8.05. The van der Waals surface area contributed by atoms with Gasteiger partial charge in [0.15, 0.2) is 0 Å². The van der Waals surface area contributed by atoms with Crippen LogP contribution in [0.15, 0.2) is 11.8 Å². The Bertz CT molecular complexity index is 734. The van der Waals surface area contributed by atoms with Gasteiger partial charge in [0.1, 0.15) is 5.76 Å². The minimum Gasteiger partial charge on any atom is -0.509 e. The predicted molar refractivity (Wildman–Crippen MR) is 95.6 cm³/mol. The number of carbonyl (C=O) groups is 1. The van der Waals surface area contributed by atoms with Crippen LogP contribution in [-0.2, 0) is 9.53 Å². The molecular formula is C18H21Cl2NO3. The Balaban J connectivity index is 2.09. The Morgan fingerprint density at radius 1 is 1.29 bits per heavy atom. The first-order valence-corrected chi connectivity index (χ1v) is 8.81. The smallest absolute Gasteiger partial charge is 0.256 e. The van der Waals surface area contributed by atoms with Crippen molar-refractivity contribution >= 4 is 34.7 Å². The predicted octanol–water partition coefficient (Wildman–Crippen LogP) is 4.34. The molecule has 1 saturated carbocycles. The van der Waals surface area contributed by atoms with Gasteiger partial charge in [-0.1, -0.05) is 23.2 Å². The summed E-state index contributed by atoms with van der Waals surface area (Å²) in [6, 6.07) is 1.73. The number of aliphatic hydroxyl groups excluding tert-OH is 1. The van der Waals surface area contributed by atoms with Gasteiger partial charge in [0.05, 0.1) is 27.3 Å². The summed E-state index contributed by atoms with van der Waals surface area (Å²) in [5.41, 5.74) is 1.83. The molecule has 2 aliphatic rings. The van der Waals surface area contributed by atoms with E-state index < -0.39 is 5.54 Å². The van der Waals surface area contributed by atoms with Gasteiger partial charge >= 0.3 is 0 Å². The highest BCUT2D eigenvalue weighted by atomic mass is 35.5. The van der Waals surface area contributed by atoms with E-state index in [1.165, 1.54) is 0 Å². The third-order valence-electron chi connectivity index (χ3n) is 5.29. The van der Waals surface area contributed by atoms with Gasteiger partial charge < -0.3 is 15.2 Å². The number of ether oxygens (including phenoxy) is 1.